The fourth-order valence-electron chi connectivity index (χ4n) is 3.91. The summed E-state index contributed by atoms with van der Waals surface area (Å²) < 4.78 is 32.4. The van der Waals surface area contributed by atoms with E-state index in [1.165, 1.54) is 36.2 Å². The van der Waals surface area contributed by atoms with Crippen LogP contribution in [0.25, 0.3) is 11.2 Å². The van der Waals surface area contributed by atoms with E-state index < -0.39 is 49.1 Å². The van der Waals surface area contributed by atoms with Crippen LogP contribution in [0.4, 0.5) is 10.2 Å². The van der Waals surface area contributed by atoms with Crippen molar-refractivity contribution in [2.45, 2.75) is 36.9 Å². The van der Waals surface area contributed by atoms with Crippen molar-refractivity contribution in [3.05, 3.63) is 40.4 Å². The van der Waals surface area contributed by atoms with Gasteiger partial charge >= 0.3 is 11.9 Å². The second-order valence-electron chi connectivity index (χ2n) is 8.00. The lowest BCUT2D eigenvalue weighted by molar-refractivity contribution is -0.188. The van der Waals surface area contributed by atoms with Crippen LogP contribution in [-0.4, -0.2) is 73.3 Å². The highest BCUT2D eigenvalue weighted by Crippen LogP contribution is 2.35. The number of aromatic nitrogens is 4. The number of imidazole rings is 1. The molecule has 0 amide bonds. The number of nitrogens with two attached hydrogens (primary N) is 1. The number of halogens is 3. The molecule has 0 saturated carbocycles. The normalized spacial score (nSPS) is 20.1. The van der Waals surface area contributed by atoms with Gasteiger partial charge in [-0.15, -0.1) is 0 Å². The molecule has 1 aliphatic rings. The largest absolute Gasteiger partial charge is 0.495 e. The molecular formula is C21H20Cl2FN5O7. The molecule has 12 nitrogen and oxygen atoms in total. The van der Waals surface area contributed by atoms with E-state index >= 15 is 0 Å². The number of methoxy groups -OCH3 is 1. The highest BCUT2D eigenvalue weighted by Gasteiger charge is 2.50. The molecule has 0 bridgehead atoms. The molecule has 2 aromatic heterocycles. The average molecular weight is 544 g/mol. The fourth-order valence-corrected chi connectivity index (χ4v) is 4.36. The molecule has 1 saturated heterocycles. The maximum Gasteiger partial charge on any atom is 0.348 e. The Kier molecular flexibility index (Phi) is 7.18. The van der Waals surface area contributed by atoms with Gasteiger partial charge in [-0.1, -0.05) is 17.7 Å². The molecule has 15 heteroatoms. The number of carbonyl (C=O) groups is 2. The topological polar surface area (TPSA) is 172 Å². The molecule has 0 radical (unpaired) electrons. The zero-order chi connectivity index (χ0) is 26.2. The monoisotopic (exact) mass is 543 g/mol. The van der Waals surface area contributed by atoms with Crippen LogP contribution < -0.4 is 10.5 Å². The first-order chi connectivity index (χ1) is 17.1. The van der Waals surface area contributed by atoms with Crippen LogP contribution in [0, 0.1) is 0 Å². The predicted molar refractivity (Wildman–Crippen MR) is 124 cm³/mol. The van der Waals surface area contributed by atoms with E-state index in [1.54, 1.807) is 0 Å². The zero-order valence-electron chi connectivity index (χ0n) is 18.6. The lowest BCUT2D eigenvalue weighted by Gasteiger charge is -2.27. The van der Waals surface area contributed by atoms with Crippen LogP contribution in [-0.2, 0) is 25.5 Å². The third kappa shape index (κ3) is 4.74. The third-order valence-electron chi connectivity index (χ3n) is 5.70. The van der Waals surface area contributed by atoms with Gasteiger partial charge < -0.3 is 30.2 Å². The number of nitrogen functional groups attached to an aromatic ring is 1. The van der Waals surface area contributed by atoms with Crippen molar-refractivity contribution < 1.29 is 38.4 Å². The summed E-state index contributed by atoms with van der Waals surface area (Å²) >= 11 is 11.9. The van der Waals surface area contributed by atoms with Crippen LogP contribution in [0.15, 0.2) is 24.5 Å². The number of hydrogen-bond acceptors (Lipinski definition) is 9. The summed E-state index contributed by atoms with van der Waals surface area (Å²) in [6, 6.07) is 4.33. The number of hydrogen-bond donors (Lipinski definition) is 3. The minimum absolute atomic E-state index is 0.00312. The first-order valence-corrected chi connectivity index (χ1v) is 11.2. The van der Waals surface area contributed by atoms with E-state index in [-0.39, 0.29) is 39.3 Å². The second kappa shape index (κ2) is 10.0. The lowest BCUT2D eigenvalue weighted by Crippen LogP contribution is -2.52. The van der Waals surface area contributed by atoms with Crippen molar-refractivity contribution in [3.63, 3.8) is 0 Å². The van der Waals surface area contributed by atoms with Gasteiger partial charge in [0.2, 0.25) is 5.28 Å². The van der Waals surface area contributed by atoms with Gasteiger partial charge in [0, 0.05) is 12.8 Å². The van der Waals surface area contributed by atoms with Crippen molar-refractivity contribution in [2.75, 3.05) is 19.5 Å². The molecule has 0 aliphatic carbocycles. The fraction of sp³-hybridized carbons (Fsp3) is 0.381. The van der Waals surface area contributed by atoms with Crippen LogP contribution in [0.5, 0.6) is 5.75 Å². The van der Waals surface area contributed by atoms with Crippen LogP contribution >= 0.6 is 23.2 Å². The third-order valence-corrected chi connectivity index (χ3v) is 6.16. The summed E-state index contributed by atoms with van der Waals surface area (Å²) in [5.41, 5.74) is 3.72. The van der Waals surface area contributed by atoms with E-state index in [2.05, 4.69) is 15.0 Å². The minimum atomic E-state index is -2.68. The number of nitrogens with zero attached hydrogens (tertiary/aromatic N) is 4. The highest BCUT2D eigenvalue weighted by molar-refractivity contribution is 6.32. The molecule has 4 rings (SSSR count). The standard InChI is InChI=1S/C21H20Cl2FN5O7/c1-34-13-3-2-9(4-11(13)22)6-21(18(30)31,19(32)33)35-7-10-5-12(24)17(36-10)29-8-26-14-15(25)27-20(23)28-16(14)29/h2-4,8,10,12,17H,5-7H2,1H3,(H,30,31)(H,32,33)(H2,25,27,28). The van der Waals surface area contributed by atoms with Gasteiger partial charge in [0.05, 0.1) is 31.2 Å². The van der Waals surface area contributed by atoms with Crippen LogP contribution in [0.3, 0.4) is 0 Å². The van der Waals surface area contributed by atoms with E-state index in [9.17, 15) is 24.2 Å². The van der Waals surface area contributed by atoms with Gasteiger partial charge in [-0.05, 0) is 29.3 Å². The van der Waals surface area contributed by atoms with Crippen LogP contribution in [0.2, 0.25) is 10.3 Å². The maximum absolute atomic E-state index is 14.9. The van der Waals surface area contributed by atoms with E-state index in [4.69, 9.17) is 43.1 Å². The number of fused-ring (bicyclic) bond motifs is 1. The average Bonchev–Trinajstić information content (AvgIpc) is 3.39. The summed E-state index contributed by atoms with van der Waals surface area (Å²) in [6.07, 6.45) is -3.26. The number of carboxylic acid groups (broad SMARTS) is 2. The summed E-state index contributed by atoms with van der Waals surface area (Å²) in [6.45, 7) is -0.524. The first-order valence-electron chi connectivity index (χ1n) is 10.4. The Hall–Kier alpha value is -3.26. The number of benzene rings is 1. The van der Waals surface area contributed by atoms with Gasteiger partial charge in [-0.2, -0.15) is 9.97 Å². The Balaban J connectivity index is 1.53. The van der Waals surface area contributed by atoms with Crippen LogP contribution in [0.1, 0.15) is 18.2 Å². The molecule has 36 heavy (non-hydrogen) atoms. The minimum Gasteiger partial charge on any atom is -0.495 e. The molecular weight excluding hydrogens is 524 g/mol. The Labute approximate surface area is 212 Å². The number of aliphatic carboxylic acids is 2. The van der Waals surface area contributed by atoms with Crippen molar-refractivity contribution in [1.29, 1.82) is 0 Å². The van der Waals surface area contributed by atoms with Crippen molar-refractivity contribution >= 4 is 52.1 Å². The molecule has 1 aromatic carbocycles. The van der Waals surface area contributed by atoms with Gasteiger partial charge in [0.25, 0.3) is 5.60 Å². The zero-order valence-corrected chi connectivity index (χ0v) is 20.1. The smallest absolute Gasteiger partial charge is 0.348 e. The summed E-state index contributed by atoms with van der Waals surface area (Å²) in [5, 5.41) is 19.6. The number of anilines is 1. The molecule has 3 aromatic rings. The number of alkyl halides is 1. The molecule has 3 heterocycles. The summed E-state index contributed by atoms with van der Waals surface area (Å²) in [5.74, 6) is -3.15. The number of carboxylic acids is 2. The first kappa shape index (κ1) is 25.8. The summed E-state index contributed by atoms with van der Waals surface area (Å²) in [4.78, 5) is 36.0. The Morgan fingerprint density at radius 1 is 1.31 bits per heavy atom. The molecule has 1 aliphatic heterocycles. The number of rotatable bonds is 9. The van der Waals surface area contributed by atoms with Gasteiger partial charge in [0.15, 0.2) is 17.7 Å². The molecule has 192 valence electrons. The quantitative estimate of drug-likeness (QED) is 0.267. The van der Waals surface area contributed by atoms with Crippen molar-refractivity contribution in [2.24, 2.45) is 0 Å². The molecule has 3 atom stereocenters. The van der Waals surface area contributed by atoms with E-state index in [0.717, 1.165) is 0 Å². The molecule has 1 fully saturated rings. The van der Waals surface area contributed by atoms with Crippen molar-refractivity contribution in [1.82, 2.24) is 19.5 Å². The lowest BCUT2D eigenvalue weighted by atomic mass is 9.94. The van der Waals surface area contributed by atoms with Crippen molar-refractivity contribution in [3.8, 4) is 5.75 Å². The summed E-state index contributed by atoms with van der Waals surface area (Å²) in [7, 11) is 1.40. The Morgan fingerprint density at radius 2 is 2.03 bits per heavy atom. The van der Waals surface area contributed by atoms with Gasteiger partial charge in [0.1, 0.15) is 17.4 Å². The predicted octanol–water partition coefficient (Wildman–Crippen LogP) is 2.52. The van der Waals surface area contributed by atoms with E-state index in [0.29, 0.717) is 5.75 Å². The maximum atomic E-state index is 14.9. The van der Waals surface area contributed by atoms with Gasteiger partial charge in [-0.25, -0.2) is 19.0 Å². The SMILES string of the molecule is COc1ccc(CC(OCC2CC(F)C(n3cnc4c(N)nc(Cl)nc43)O2)(C(=O)O)C(=O)O)cc1Cl. The highest BCUT2D eigenvalue weighted by atomic mass is 35.5. The Bertz CT molecular complexity index is 1310. The van der Waals surface area contributed by atoms with E-state index in [1.807, 2.05) is 0 Å². The number of ether oxygens (including phenoxy) is 3. The molecule has 4 N–H and O–H groups in total. The second-order valence-corrected chi connectivity index (χ2v) is 8.74. The van der Waals surface area contributed by atoms with Gasteiger partial charge in [-0.3, -0.25) is 4.57 Å². The molecule has 3 unspecified atom stereocenters. The Morgan fingerprint density at radius 3 is 2.67 bits per heavy atom. The molecule has 0 spiro atoms.